The third-order valence-corrected chi connectivity index (χ3v) is 5.95. The minimum Gasteiger partial charge on any atom is -0.506 e. The average Bonchev–Trinajstić information content (AvgIpc) is 2.81. The van der Waals surface area contributed by atoms with Gasteiger partial charge < -0.3 is 25.1 Å². The van der Waals surface area contributed by atoms with Crippen LogP contribution >= 0.6 is 24.0 Å². The molecular weight excluding hydrogens is 503 g/mol. The van der Waals surface area contributed by atoms with E-state index in [9.17, 15) is 5.11 Å². The Morgan fingerprint density at radius 3 is 2.45 bits per heavy atom. The Labute approximate surface area is 202 Å². The van der Waals surface area contributed by atoms with Crippen molar-refractivity contribution in [1.29, 1.82) is 0 Å². The van der Waals surface area contributed by atoms with Crippen LogP contribution in [-0.4, -0.2) is 67.3 Å². The lowest BCUT2D eigenvalue weighted by molar-refractivity contribution is 0.369. The van der Waals surface area contributed by atoms with E-state index in [1.807, 2.05) is 31.4 Å². The van der Waals surface area contributed by atoms with Crippen molar-refractivity contribution in [1.82, 2.24) is 15.2 Å². The monoisotopic (exact) mass is 536 g/mol. The molecule has 31 heavy (non-hydrogen) atoms. The van der Waals surface area contributed by atoms with Crippen molar-refractivity contribution < 1.29 is 5.11 Å². The van der Waals surface area contributed by atoms with E-state index in [-0.39, 0.29) is 24.0 Å². The molecule has 0 unspecified atom stereocenters. The molecule has 3 heterocycles. The summed E-state index contributed by atoms with van der Waals surface area (Å²) in [5.41, 5.74) is 2.13. The van der Waals surface area contributed by atoms with Gasteiger partial charge in [-0.2, -0.15) is 0 Å². The van der Waals surface area contributed by atoms with Crippen LogP contribution in [0.25, 0.3) is 0 Å². The predicted molar refractivity (Wildman–Crippen MR) is 138 cm³/mol. The average molecular weight is 536 g/mol. The maximum absolute atomic E-state index is 10.1. The van der Waals surface area contributed by atoms with Crippen LogP contribution in [0.1, 0.15) is 24.8 Å². The quantitative estimate of drug-likeness (QED) is 0.355. The second-order valence-corrected chi connectivity index (χ2v) is 7.93. The standard InChI is InChI=1S/C23H32N6O.HI/c1-24-23(29-15-13-27(14-16-29)20-7-3-4-8-21(20)30)26-18-19-9-10-25-22(17-19)28-11-5-2-6-12-28;/h3-4,7-10,17,30H,2,5-6,11-16,18H2,1H3,(H,24,26);1H. The van der Waals surface area contributed by atoms with Crippen LogP contribution in [0.3, 0.4) is 0 Å². The number of anilines is 2. The van der Waals surface area contributed by atoms with Gasteiger partial charge in [0.15, 0.2) is 5.96 Å². The first-order chi connectivity index (χ1) is 14.7. The second-order valence-electron chi connectivity index (χ2n) is 7.93. The van der Waals surface area contributed by atoms with E-state index < -0.39 is 0 Å². The number of benzene rings is 1. The third kappa shape index (κ3) is 5.93. The van der Waals surface area contributed by atoms with Crippen LogP contribution in [-0.2, 0) is 6.54 Å². The maximum Gasteiger partial charge on any atom is 0.194 e. The molecule has 168 valence electrons. The molecule has 1 aromatic heterocycles. The van der Waals surface area contributed by atoms with Crippen LogP contribution in [0, 0.1) is 0 Å². The molecule has 2 aliphatic heterocycles. The number of rotatable bonds is 4. The number of aromatic hydroxyl groups is 1. The smallest absolute Gasteiger partial charge is 0.194 e. The zero-order chi connectivity index (χ0) is 20.8. The van der Waals surface area contributed by atoms with E-state index in [0.717, 1.165) is 63.3 Å². The lowest BCUT2D eigenvalue weighted by Crippen LogP contribution is -2.52. The molecule has 8 heteroatoms. The highest BCUT2D eigenvalue weighted by atomic mass is 127. The number of nitrogens with one attached hydrogen (secondary N) is 1. The Hall–Kier alpha value is -2.23. The van der Waals surface area contributed by atoms with E-state index in [1.54, 1.807) is 6.07 Å². The number of para-hydroxylation sites is 2. The minimum absolute atomic E-state index is 0. The highest BCUT2D eigenvalue weighted by Gasteiger charge is 2.21. The fraction of sp³-hybridized carbons (Fsp3) is 0.478. The van der Waals surface area contributed by atoms with Gasteiger partial charge in [-0.3, -0.25) is 4.99 Å². The molecule has 2 saturated heterocycles. The van der Waals surface area contributed by atoms with Crippen molar-refractivity contribution in [2.75, 3.05) is 56.1 Å². The van der Waals surface area contributed by atoms with Crippen molar-refractivity contribution in [3.63, 3.8) is 0 Å². The molecular formula is C23H33IN6O. The van der Waals surface area contributed by atoms with Gasteiger partial charge in [-0.25, -0.2) is 4.98 Å². The molecule has 0 radical (unpaired) electrons. The molecule has 0 atom stereocenters. The molecule has 7 nitrogen and oxygen atoms in total. The normalized spacial score (nSPS) is 17.3. The zero-order valence-corrected chi connectivity index (χ0v) is 20.5. The van der Waals surface area contributed by atoms with Gasteiger partial charge in [-0.15, -0.1) is 24.0 Å². The number of hydrogen-bond acceptors (Lipinski definition) is 5. The number of pyridine rings is 1. The van der Waals surface area contributed by atoms with Crippen LogP contribution in [0.4, 0.5) is 11.5 Å². The molecule has 0 aliphatic carbocycles. The number of phenols is 1. The first-order valence-electron chi connectivity index (χ1n) is 10.9. The van der Waals surface area contributed by atoms with E-state index in [1.165, 1.54) is 24.8 Å². The van der Waals surface area contributed by atoms with Gasteiger partial charge >= 0.3 is 0 Å². The highest BCUT2D eigenvalue weighted by molar-refractivity contribution is 14.0. The number of guanidine groups is 1. The number of piperidine rings is 1. The fourth-order valence-electron chi connectivity index (χ4n) is 4.27. The lowest BCUT2D eigenvalue weighted by atomic mass is 10.1. The van der Waals surface area contributed by atoms with Gasteiger partial charge in [0.1, 0.15) is 11.6 Å². The highest BCUT2D eigenvalue weighted by Crippen LogP contribution is 2.27. The first-order valence-corrected chi connectivity index (χ1v) is 10.9. The SMILES string of the molecule is CN=C(NCc1ccnc(N2CCCCC2)c1)N1CCN(c2ccccc2O)CC1.I. The summed E-state index contributed by atoms with van der Waals surface area (Å²) in [5, 5.41) is 13.6. The number of halogens is 1. The lowest BCUT2D eigenvalue weighted by Gasteiger charge is -2.37. The van der Waals surface area contributed by atoms with Gasteiger partial charge in [0.2, 0.25) is 0 Å². The summed E-state index contributed by atoms with van der Waals surface area (Å²) >= 11 is 0. The minimum atomic E-state index is 0. The molecule has 2 aromatic rings. The molecule has 0 saturated carbocycles. The molecule has 0 bridgehead atoms. The molecule has 1 aromatic carbocycles. The van der Waals surface area contributed by atoms with Crippen LogP contribution in [0.15, 0.2) is 47.6 Å². The first kappa shape index (κ1) is 23.4. The Morgan fingerprint density at radius 2 is 1.74 bits per heavy atom. The van der Waals surface area contributed by atoms with Crippen LogP contribution in [0.5, 0.6) is 5.75 Å². The van der Waals surface area contributed by atoms with Gasteiger partial charge in [0.05, 0.1) is 5.69 Å². The fourth-order valence-corrected chi connectivity index (χ4v) is 4.27. The van der Waals surface area contributed by atoms with E-state index >= 15 is 0 Å². The largest absolute Gasteiger partial charge is 0.506 e. The molecule has 2 aliphatic rings. The van der Waals surface area contributed by atoms with Gasteiger partial charge in [-0.05, 0) is 49.1 Å². The summed E-state index contributed by atoms with van der Waals surface area (Å²) in [5.74, 6) is 2.35. The molecule has 0 amide bonds. The topological polar surface area (TPSA) is 67.2 Å². The Bertz CT molecular complexity index is 863. The van der Waals surface area contributed by atoms with Crippen molar-refractivity contribution in [3.05, 3.63) is 48.2 Å². The van der Waals surface area contributed by atoms with E-state index in [2.05, 4.69) is 42.1 Å². The van der Waals surface area contributed by atoms with Crippen molar-refractivity contribution in [2.24, 2.45) is 4.99 Å². The van der Waals surface area contributed by atoms with Gasteiger partial charge in [0, 0.05) is 59.1 Å². The molecule has 2 N–H and O–H groups in total. The summed E-state index contributed by atoms with van der Waals surface area (Å²) in [4.78, 5) is 16.0. The van der Waals surface area contributed by atoms with Crippen molar-refractivity contribution in [3.8, 4) is 5.75 Å². The Morgan fingerprint density at radius 1 is 1.00 bits per heavy atom. The zero-order valence-electron chi connectivity index (χ0n) is 18.2. The summed E-state index contributed by atoms with van der Waals surface area (Å²) < 4.78 is 0. The summed E-state index contributed by atoms with van der Waals surface area (Å²) in [6.07, 6.45) is 5.74. The Kier molecular flexibility index (Phi) is 8.62. The summed E-state index contributed by atoms with van der Waals surface area (Å²) in [6, 6.07) is 11.8. The third-order valence-electron chi connectivity index (χ3n) is 5.95. The number of hydrogen-bond donors (Lipinski definition) is 2. The number of phenolic OH excluding ortho intramolecular Hbond substituents is 1. The van der Waals surface area contributed by atoms with Gasteiger partial charge in [0.25, 0.3) is 0 Å². The number of aromatic nitrogens is 1. The van der Waals surface area contributed by atoms with E-state index in [4.69, 9.17) is 0 Å². The molecule has 0 spiro atoms. The predicted octanol–water partition coefficient (Wildman–Crippen LogP) is 3.29. The van der Waals surface area contributed by atoms with E-state index in [0.29, 0.717) is 5.75 Å². The summed E-state index contributed by atoms with van der Waals surface area (Å²) in [7, 11) is 1.84. The maximum atomic E-state index is 10.1. The molecule has 4 rings (SSSR count). The molecule has 2 fully saturated rings. The number of piperazine rings is 1. The van der Waals surface area contributed by atoms with Crippen molar-refractivity contribution >= 4 is 41.4 Å². The Balaban J connectivity index is 0.00000272. The summed E-state index contributed by atoms with van der Waals surface area (Å²) in [6.45, 7) is 6.38. The number of nitrogens with zero attached hydrogens (tertiary/aromatic N) is 5. The second kappa shape index (κ2) is 11.4. The van der Waals surface area contributed by atoms with Gasteiger partial charge in [-0.1, -0.05) is 12.1 Å². The van der Waals surface area contributed by atoms with Crippen molar-refractivity contribution in [2.45, 2.75) is 25.8 Å². The van der Waals surface area contributed by atoms with Crippen LogP contribution < -0.4 is 15.1 Å². The van der Waals surface area contributed by atoms with Crippen LogP contribution in [0.2, 0.25) is 0 Å². The number of aliphatic imine (C=N–C) groups is 1.